The van der Waals surface area contributed by atoms with Gasteiger partial charge in [-0.25, -0.2) is 0 Å². The molecule has 0 heterocycles. The maximum absolute atomic E-state index is 8.10. The highest BCUT2D eigenvalue weighted by molar-refractivity contribution is 6.45. The molecule has 2 aromatic rings. The van der Waals surface area contributed by atoms with Crippen molar-refractivity contribution >= 4 is 46.4 Å². The van der Waals surface area contributed by atoms with E-state index in [1.165, 1.54) is 0 Å². The third-order valence-corrected chi connectivity index (χ3v) is 2.98. The van der Waals surface area contributed by atoms with Crippen LogP contribution >= 0.6 is 46.4 Å². The molecule has 4 heteroatoms. The number of hydrogen-bond donors (Lipinski definition) is 0. The van der Waals surface area contributed by atoms with Gasteiger partial charge in [0.05, 0.1) is 11.0 Å². The Morgan fingerprint density at radius 2 is 1.06 bits per heavy atom. The first kappa shape index (κ1) is 6.85. The number of benzene rings is 2. The Kier molecular flexibility index (Phi) is 2.35. The van der Waals surface area contributed by atoms with Crippen molar-refractivity contribution < 1.29 is 11.0 Å². The van der Waals surface area contributed by atoms with Crippen LogP contribution in [0.25, 0.3) is 0 Å². The summed E-state index contributed by atoms with van der Waals surface area (Å²) in [5.41, 5.74) is -0.551. The third-order valence-electron chi connectivity index (χ3n) is 2.10. The molecule has 0 fully saturated rings. The minimum absolute atomic E-state index is 0.275. The summed E-state index contributed by atoms with van der Waals surface area (Å²) in [5.74, 6) is -1.37. The summed E-state index contributed by atoms with van der Waals surface area (Å²) in [6.07, 6.45) is 0. The van der Waals surface area contributed by atoms with E-state index in [-0.39, 0.29) is 21.2 Å². The van der Waals surface area contributed by atoms with E-state index < -0.39 is 59.1 Å². The Labute approximate surface area is 138 Å². The zero-order valence-electron chi connectivity index (χ0n) is 16.7. The topological polar surface area (TPSA) is 0 Å². The highest BCUT2D eigenvalue weighted by Crippen LogP contribution is 2.34. The molecule has 0 saturated heterocycles. The molecule has 0 radical (unpaired) electrons. The number of rotatable bonds is 3. The lowest BCUT2D eigenvalue weighted by atomic mass is 9.93. The van der Waals surface area contributed by atoms with Gasteiger partial charge in [-0.15, -0.1) is 23.2 Å². The predicted octanol–water partition coefficient (Wildman–Crippen LogP) is 5.93. The van der Waals surface area contributed by atoms with Crippen LogP contribution in [0.2, 0.25) is 10.0 Å². The van der Waals surface area contributed by atoms with E-state index in [9.17, 15) is 0 Å². The second-order valence-corrected chi connectivity index (χ2v) is 5.19. The van der Waals surface area contributed by atoms with Gasteiger partial charge in [-0.2, -0.15) is 0 Å². The largest absolute Gasteiger partial charge is 0.118 e. The van der Waals surface area contributed by atoms with Crippen LogP contribution < -0.4 is 0 Å². The van der Waals surface area contributed by atoms with Crippen molar-refractivity contribution in [3.05, 3.63) is 69.5 Å². The van der Waals surface area contributed by atoms with Gasteiger partial charge in [-0.3, -0.25) is 0 Å². The van der Waals surface area contributed by atoms with Gasteiger partial charge in [0.25, 0.3) is 0 Å². The molecule has 0 atom stereocenters. The van der Waals surface area contributed by atoms with Crippen LogP contribution in [0.3, 0.4) is 0 Å². The Hall–Kier alpha value is -0.400. The maximum atomic E-state index is 8.10. The Balaban J connectivity index is 2.96. The average Bonchev–Trinajstić information content (AvgIpc) is 2.60. The van der Waals surface area contributed by atoms with Gasteiger partial charge in [-0.1, -0.05) is 47.4 Å². The summed E-state index contributed by atoms with van der Waals surface area (Å²) in [6, 6.07) is -4.20. The van der Waals surface area contributed by atoms with Gasteiger partial charge in [-0.05, 0) is 35.3 Å². The Morgan fingerprint density at radius 1 is 0.722 bits per heavy atom. The molecule has 18 heavy (non-hydrogen) atoms. The molecule has 0 aliphatic rings. The molecular formula is C14H10Cl4. The van der Waals surface area contributed by atoms with Gasteiger partial charge in [0.15, 0.2) is 0 Å². The summed E-state index contributed by atoms with van der Waals surface area (Å²) in [5, 5.41) is -0.780. The lowest BCUT2D eigenvalue weighted by Crippen LogP contribution is -2.08. The highest BCUT2D eigenvalue weighted by Gasteiger charge is 2.21. The van der Waals surface area contributed by atoms with E-state index in [0.29, 0.717) is 0 Å². The monoisotopic (exact) mass is 326 g/mol. The van der Waals surface area contributed by atoms with Gasteiger partial charge in [0, 0.05) is 16.0 Å². The second kappa shape index (κ2) is 6.16. The summed E-state index contributed by atoms with van der Waals surface area (Å²) >= 11 is 23.6. The van der Waals surface area contributed by atoms with E-state index in [0.717, 1.165) is 0 Å². The molecule has 0 aliphatic heterocycles. The molecule has 0 N–H and O–H groups in total. The number of halogens is 4. The zero-order valence-corrected chi connectivity index (χ0v) is 11.7. The predicted molar refractivity (Wildman–Crippen MR) is 80.2 cm³/mol. The van der Waals surface area contributed by atoms with Crippen LogP contribution in [0.1, 0.15) is 28.0 Å². The first-order valence-electron chi connectivity index (χ1n) is 8.73. The quantitative estimate of drug-likeness (QED) is 0.613. The van der Waals surface area contributed by atoms with E-state index >= 15 is 0 Å². The molecule has 0 aromatic heterocycles. The van der Waals surface area contributed by atoms with E-state index in [1.54, 1.807) is 0 Å². The molecule has 0 bridgehead atoms. The minimum Gasteiger partial charge on any atom is -0.104 e. The van der Waals surface area contributed by atoms with Crippen molar-refractivity contribution in [3.8, 4) is 0 Å². The molecule has 2 rings (SSSR count). The fourth-order valence-corrected chi connectivity index (χ4v) is 2.01. The summed E-state index contributed by atoms with van der Waals surface area (Å²) < 4.78 is 63.8. The Bertz CT molecular complexity index is 772. The van der Waals surface area contributed by atoms with E-state index in [1.807, 2.05) is 0 Å². The van der Waals surface area contributed by atoms with Crippen LogP contribution in [-0.2, 0) is 0 Å². The number of alkyl halides is 2. The van der Waals surface area contributed by atoms with Gasteiger partial charge < -0.3 is 0 Å². The van der Waals surface area contributed by atoms with E-state index in [4.69, 9.17) is 57.4 Å². The van der Waals surface area contributed by atoms with Crippen LogP contribution in [0.15, 0.2) is 48.3 Å². The molecule has 0 aliphatic carbocycles. The van der Waals surface area contributed by atoms with Crippen LogP contribution in [0.5, 0.6) is 0 Å². The summed E-state index contributed by atoms with van der Waals surface area (Å²) in [4.78, 5) is -1.39. The molecule has 0 amide bonds. The maximum Gasteiger partial charge on any atom is 0.118 e. The normalized spacial score (nSPS) is 17.4. The van der Waals surface area contributed by atoms with Gasteiger partial charge in [0.1, 0.15) is 4.84 Å². The third kappa shape index (κ3) is 3.33. The van der Waals surface area contributed by atoms with Crippen LogP contribution in [-0.4, -0.2) is 4.84 Å². The lowest BCUT2D eigenvalue weighted by molar-refractivity contribution is 0.887. The highest BCUT2D eigenvalue weighted by atomic mass is 35.5. The minimum atomic E-state index is -1.39. The molecule has 0 saturated carbocycles. The average molecular weight is 328 g/mol. The second-order valence-electron chi connectivity index (χ2n) is 3.27. The van der Waals surface area contributed by atoms with Crippen molar-refractivity contribution in [2.24, 2.45) is 0 Å². The van der Waals surface area contributed by atoms with Crippen molar-refractivity contribution in [1.82, 2.24) is 0 Å². The lowest BCUT2D eigenvalue weighted by Gasteiger charge is -2.19. The van der Waals surface area contributed by atoms with Crippen LogP contribution in [0, 0.1) is 0 Å². The van der Waals surface area contributed by atoms with Crippen molar-refractivity contribution in [3.63, 3.8) is 0 Å². The fraction of sp³-hybridized carbons (Fsp3) is 0.143. The molecule has 0 spiro atoms. The van der Waals surface area contributed by atoms with Crippen molar-refractivity contribution in [2.45, 2.75) is 10.8 Å². The fourth-order valence-electron chi connectivity index (χ4n) is 1.32. The molecule has 2 aromatic carbocycles. The smallest absolute Gasteiger partial charge is 0.104 e. The first-order valence-corrected chi connectivity index (χ1v) is 6.35. The SMILES string of the molecule is [2H]c1c([2H])c(C(c2c([2H])c([2H])c(Cl)c([2H])c2[2H])C(Cl)Cl)c([2H])c([2H])c1Cl. The number of hydrogen-bond acceptors (Lipinski definition) is 0. The molecule has 0 nitrogen and oxygen atoms in total. The first-order chi connectivity index (χ1) is 11.9. The standard InChI is InChI=1S/C14H10Cl4/c15-11-5-1-9(2-6-11)13(14(17)18)10-3-7-12(16)8-4-10/h1-8,13-14H/i1D,2D,3D,4D,5D,6D,7D,8D. The molecular weight excluding hydrogens is 310 g/mol. The van der Waals surface area contributed by atoms with Crippen LogP contribution in [0.4, 0.5) is 0 Å². The van der Waals surface area contributed by atoms with Gasteiger partial charge >= 0.3 is 0 Å². The summed E-state index contributed by atoms with van der Waals surface area (Å²) in [7, 11) is 0. The van der Waals surface area contributed by atoms with Crippen molar-refractivity contribution in [1.29, 1.82) is 0 Å². The molecule has 94 valence electrons. The van der Waals surface area contributed by atoms with Gasteiger partial charge in [0.2, 0.25) is 0 Å². The molecule has 0 unspecified atom stereocenters. The Morgan fingerprint density at radius 3 is 1.33 bits per heavy atom. The van der Waals surface area contributed by atoms with Crippen molar-refractivity contribution in [2.75, 3.05) is 0 Å². The van der Waals surface area contributed by atoms with E-state index in [2.05, 4.69) is 0 Å². The summed E-state index contributed by atoms with van der Waals surface area (Å²) in [6.45, 7) is 0. The zero-order chi connectivity index (χ0) is 20.1.